The summed E-state index contributed by atoms with van der Waals surface area (Å²) in [5.74, 6) is 0.639. The summed E-state index contributed by atoms with van der Waals surface area (Å²) in [7, 11) is 1.39. The summed E-state index contributed by atoms with van der Waals surface area (Å²) in [5, 5.41) is 14.3. The van der Waals surface area contributed by atoms with Gasteiger partial charge >= 0.3 is 0 Å². The molecule has 27 heavy (non-hydrogen) atoms. The molecule has 1 atom stereocenters. The van der Waals surface area contributed by atoms with Crippen molar-refractivity contribution in [2.75, 3.05) is 20.3 Å². The highest BCUT2D eigenvalue weighted by molar-refractivity contribution is 5.99. The molecule has 8 nitrogen and oxygen atoms in total. The maximum atomic E-state index is 12.9. The number of para-hydroxylation sites is 1. The van der Waals surface area contributed by atoms with E-state index >= 15 is 0 Å². The number of nitro benzene ring substituents is 1. The summed E-state index contributed by atoms with van der Waals surface area (Å²) in [6, 6.07) is 9.67. The second kappa shape index (κ2) is 7.94. The third-order valence-corrected chi connectivity index (χ3v) is 4.29. The summed E-state index contributed by atoms with van der Waals surface area (Å²) in [6.45, 7) is 2.57. The monoisotopic (exact) mass is 372 g/mol. The molecule has 0 saturated heterocycles. The van der Waals surface area contributed by atoms with E-state index in [-0.39, 0.29) is 28.8 Å². The van der Waals surface area contributed by atoms with E-state index < -0.39 is 10.8 Å². The third kappa shape index (κ3) is 3.79. The first-order chi connectivity index (χ1) is 13.0. The number of rotatable bonds is 6. The van der Waals surface area contributed by atoms with Gasteiger partial charge in [-0.1, -0.05) is 18.2 Å². The number of carbonyl (C=O) groups is 1. The minimum Gasteiger partial charge on any atom is -0.493 e. The Hall–Kier alpha value is -3.29. The topological polar surface area (TPSA) is 99.9 Å². The van der Waals surface area contributed by atoms with Gasteiger partial charge in [-0.15, -0.1) is 0 Å². The SMILES string of the molecule is CCOc1cc(C(=O)N[C@H]2CCOc3ccccc32)c([N+](=O)[O-])cc1OC. The second-order valence-corrected chi connectivity index (χ2v) is 5.91. The van der Waals surface area contributed by atoms with E-state index in [0.29, 0.717) is 25.4 Å². The summed E-state index contributed by atoms with van der Waals surface area (Å²) in [6.07, 6.45) is 0.574. The number of hydrogen-bond acceptors (Lipinski definition) is 6. The van der Waals surface area contributed by atoms with E-state index in [1.54, 1.807) is 6.92 Å². The van der Waals surface area contributed by atoms with E-state index in [2.05, 4.69) is 5.32 Å². The first-order valence-electron chi connectivity index (χ1n) is 8.57. The molecule has 142 valence electrons. The number of carbonyl (C=O) groups excluding carboxylic acids is 1. The number of hydrogen-bond donors (Lipinski definition) is 1. The fourth-order valence-corrected chi connectivity index (χ4v) is 3.04. The molecule has 1 heterocycles. The highest BCUT2D eigenvalue weighted by atomic mass is 16.6. The maximum Gasteiger partial charge on any atom is 0.286 e. The lowest BCUT2D eigenvalue weighted by molar-refractivity contribution is -0.385. The Balaban J connectivity index is 1.94. The lowest BCUT2D eigenvalue weighted by Crippen LogP contribution is -2.32. The Bertz CT molecular complexity index is 867. The Kier molecular flexibility index (Phi) is 5.44. The van der Waals surface area contributed by atoms with Crippen molar-refractivity contribution in [3.63, 3.8) is 0 Å². The summed E-state index contributed by atoms with van der Waals surface area (Å²) >= 11 is 0. The normalized spacial score (nSPS) is 15.3. The first kappa shape index (κ1) is 18.5. The standard InChI is InChI=1S/C19H20N2O6/c1-3-26-18-10-13(15(21(23)24)11-17(18)25-2)19(22)20-14-8-9-27-16-7-5-4-6-12(14)16/h4-7,10-11,14H,3,8-9H2,1-2H3,(H,20,22)/t14-/m0/s1. The molecule has 1 aliphatic heterocycles. The van der Waals surface area contributed by atoms with Crippen LogP contribution in [0.25, 0.3) is 0 Å². The Morgan fingerprint density at radius 2 is 2.11 bits per heavy atom. The molecular formula is C19H20N2O6. The van der Waals surface area contributed by atoms with Gasteiger partial charge in [-0.05, 0) is 13.0 Å². The summed E-state index contributed by atoms with van der Waals surface area (Å²) in [5.41, 5.74) is 0.430. The minimum absolute atomic E-state index is 0.0757. The van der Waals surface area contributed by atoms with Crippen LogP contribution in [0.2, 0.25) is 0 Å². The molecule has 1 N–H and O–H groups in total. The van der Waals surface area contributed by atoms with Crippen molar-refractivity contribution in [1.29, 1.82) is 0 Å². The molecule has 0 aromatic heterocycles. The van der Waals surface area contributed by atoms with Crippen LogP contribution in [0.3, 0.4) is 0 Å². The van der Waals surface area contributed by atoms with E-state index in [1.807, 2.05) is 24.3 Å². The van der Waals surface area contributed by atoms with Crippen molar-refractivity contribution < 1.29 is 23.9 Å². The molecule has 0 unspecified atom stereocenters. The van der Waals surface area contributed by atoms with Gasteiger partial charge in [0.2, 0.25) is 0 Å². The smallest absolute Gasteiger partial charge is 0.286 e. The number of nitro groups is 1. The lowest BCUT2D eigenvalue weighted by Gasteiger charge is -2.26. The van der Waals surface area contributed by atoms with E-state index in [4.69, 9.17) is 14.2 Å². The predicted molar refractivity (Wildman–Crippen MR) is 97.6 cm³/mol. The number of ether oxygens (including phenoxy) is 3. The highest BCUT2D eigenvalue weighted by Gasteiger charge is 2.28. The van der Waals surface area contributed by atoms with Gasteiger partial charge in [0.05, 0.1) is 37.4 Å². The van der Waals surface area contributed by atoms with Gasteiger partial charge in [-0.25, -0.2) is 0 Å². The molecule has 0 spiro atoms. The quantitative estimate of drug-likeness (QED) is 0.617. The van der Waals surface area contributed by atoms with Gasteiger partial charge < -0.3 is 19.5 Å². The van der Waals surface area contributed by atoms with Crippen LogP contribution in [0.15, 0.2) is 36.4 Å². The van der Waals surface area contributed by atoms with Crippen LogP contribution >= 0.6 is 0 Å². The molecule has 0 aliphatic carbocycles. The zero-order chi connectivity index (χ0) is 19.4. The van der Waals surface area contributed by atoms with Crippen LogP contribution in [0.4, 0.5) is 5.69 Å². The highest BCUT2D eigenvalue weighted by Crippen LogP contribution is 2.36. The van der Waals surface area contributed by atoms with Crippen LogP contribution in [-0.2, 0) is 0 Å². The van der Waals surface area contributed by atoms with Gasteiger partial charge in [-0.3, -0.25) is 14.9 Å². The molecule has 0 fully saturated rings. The van der Waals surface area contributed by atoms with Crippen LogP contribution < -0.4 is 19.5 Å². The predicted octanol–water partition coefficient (Wildman–Crippen LogP) is 3.26. The zero-order valence-electron chi connectivity index (χ0n) is 15.1. The van der Waals surface area contributed by atoms with Gasteiger partial charge in [0.15, 0.2) is 11.5 Å². The third-order valence-electron chi connectivity index (χ3n) is 4.29. The van der Waals surface area contributed by atoms with E-state index in [1.165, 1.54) is 19.2 Å². The molecule has 3 rings (SSSR count). The van der Waals surface area contributed by atoms with Gasteiger partial charge in [0.25, 0.3) is 11.6 Å². The zero-order valence-corrected chi connectivity index (χ0v) is 15.1. The van der Waals surface area contributed by atoms with Gasteiger partial charge in [0.1, 0.15) is 11.3 Å². The molecule has 2 aromatic carbocycles. The molecular weight excluding hydrogens is 352 g/mol. The van der Waals surface area contributed by atoms with Crippen LogP contribution in [0.5, 0.6) is 17.2 Å². The van der Waals surface area contributed by atoms with Crippen molar-refractivity contribution >= 4 is 11.6 Å². The molecule has 2 aromatic rings. The number of methoxy groups -OCH3 is 1. The van der Waals surface area contributed by atoms with Crippen molar-refractivity contribution in [3.8, 4) is 17.2 Å². The first-order valence-corrected chi connectivity index (χ1v) is 8.57. The van der Waals surface area contributed by atoms with Gasteiger partial charge in [-0.2, -0.15) is 0 Å². The minimum atomic E-state index is -0.606. The van der Waals surface area contributed by atoms with Crippen LogP contribution in [-0.4, -0.2) is 31.2 Å². The molecule has 1 amide bonds. The van der Waals surface area contributed by atoms with E-state index in [0.717, 1.165) is 5.56 Å². The average molecular weight is 372 g/mol. The van der Waals surface area contributed by atoms with E-state index in [9.17, 15) is 14.9 Å². The Morgan fingerprint density at radius 3 is 2.81 bits per heavy atom. The molecule has 0 saturated carbocycles. The molecule has 1 aliphatic rings. The number of amides is 1. The van der Waals surface area contributed by atoms with Crippen LogP contribution in [0.1, 0.15) is 35.3 Å². The average Bonchev–Trinajstić information content (AvgIpc) is 2.68. The summed E-state index contributed by atoms with van der Waals surface area (Å²) < 4.78 is 16.2. The fourth-order valence-electron chi connectivity index (χ4n) is 3.04. The number of nitrogens with one attached hydrogen (secondary N) is 1. The fraction of sp³-hybridized carbons (Fsp3) is 0.316. The van der Waals surface area contributed by atoms with Crippen molar-refractivity contribution in [1.82, 2.24) is 5.32 Å². The van der Waals surface area contributed by atoms with Crippen molar-refractivity contribution in [3.05, 3.63) is 57.6 Å². The van der Waals surface area contributed by atoms with Crippen LogP contribution in [0, 0.1) is 10.1 Å². The Morgan fingerprint density at radius 1 is 1.33 bits per heavy atom. The number of nitrogens with zero attached hydrogens (tertiary/aromatic N) is 1. The molecule has 8 heteroatoms. The van der Waals surface area contributed by atoms with Crippen molar-refractivity contribution in [2.45, 2.75) is 19.4 Å². The molecule has 0 bridgehead atoms. The number of fused-ring (bicyclic) bond motifs is 1. The lowest BCUT2D eigenvalue weighted by atomic mass is 10.00. The summed E-state index contributed by atoms with van der Waals surface area (Å²) in [4.78, 5) is 23.7. The largest absolute Gasteiger partial charge is 0.493 e. The molecule has 0 radical (unpaired) electrons. The Labute approximate surface area is 156 Å². The number of benzene rings is 2. The second-order valence-electron chi connectivity index (χ2n) is 5.91. The maximum absolute atomic E-state index is 12.9. The van der Waals surface area contributed by atoms with Gasteiger partial charge in [0, 0.05) is 18.1 Å². The van der Waals surface area contributed by atoms with Crippen molar-refractivity contribution in [2.24, 2.45) is 0 Å².